The van der Waals surface area contributed by atoms with Gasteiger partial charge in [0.05, 0.1) is 7.11 Å². The van der Waals surface area contributed by atoms with E-state index in [1.165, 1.54) is 38.2 Å². The lowest BCUT2D eigenvalue weighted by Gasteiger charge is -2.21. The Bertz CT molecular complexity index is 444. The van der Waals surface area contributed by atoms with Crippen LogP contribution in [-0.2, 0) is 0 Å². The fraction of sp³-hybridized carbons (Fsp3) is 0.500. The molecule has 1 aromatic carbocycles. The summed E-state index contributed by atoms with van der Waals surface area (Å²) in [6.07, 6.45) is 3.69. The van der Waals surface area contributed by atoms with E-state index >= 15 is 0 Å². The molecule has 104 valence electrons. The van der Waals surface area contributed by atoms with Gasteiger partial charge in [0.2, 0.25) is 0 Å². The first-order valence-electron chi connectivity index (χ1n) is 6.47. The Labute approximate surface area is 117 Å². The molecule has 0 saturated carbocycles. The van der Waals surface area contributed by atoms with Crippen molar-refractivity contribution in [3.05, 3.63) is 23.8 Å². The van der Waals surface area contributed by atoms with Crippen LogP contribution in [0.2, 0.25) is 0 Å². The van der Waals surface area contributed by atoms with Crippen LogP contribution >= 0.6 is 11.8 Å². The normalized spacial score (nSPS) is 18.9. The van der Waals surface area contributed by atoms with Gasteiger partial charge in [0.15, 0.2) is 11.5 Å². The maximum absolute atomic E-state index is 12.0. The number of carbonyl (C=O) groups excluding carboxylic acids is 1. The summed E-state index contributed by atoms with van der Waals surface area (Å²) < 4.78 is 4.95. The average Bonchev–Trinajstić information content (AvgIpc) is 2.45. The highest BCUT2D eigenvalue weighted by Gasteiger charge is 2.16. The van der Waals surface area contributed by atoms with Gasteiger partial charge in [-0.25, -0.2) is 0 Å². The summed E-state index contributed by atoms with van der Waals surface area (Å²) in [7, 11) is 1.48. The van der Waals surface area contributed by atoms with Crippen molar-refractivity contribution in [2.24, 2.45) is 0 Å². The van der Waals surface area contributed by atoms with Crippen molar-refractivity contribution in [1.29, 1.82) is 0 Å². The molecule has 1 aromatic rings. The number of amides is 1. The van der Waals surface area contributed by atoms with Crippen LogP contribution in [-0.4, -0.2) is 35.7 Å². The number of methoxy groups -OCH3 is 1. The van der Waals surface area contributed by atoms with Crippen LogP contribution in [0.15, 0.2) is 18.2 Å². The fourth-order valence-electron chi connectivity index (χ4n) is 2.11. The number of hydrogen-bond donors (Lipinski definition) is 2. The van der Waals surface area contributed by atoms with Crippen LogP contribution in [0.4, 0.5) is 0 Å². The number of benzene rings is 1. The number of hydrogen-bond acceptors (Lipinski definition) is 4. The van der Waals surface area contributed by atoms with Gasteiger partial charge < -0.3 is 15.2 Å². The van der Waals surface area contributed by atoms with Crippen molar-refractivity contribution in [3.63, 3.8) is 0 Å². The Morgan fingerprint density at radius 1 is 1.53 bits per heavy atom. The molecule has 1 aliphatic heterocycles. The van der Waals surface area contributed by atoms with Crippen molar-refractivity contribution in [2.45, 2.75) is 24.5 Å². The van der Waals surface area contributed by atoms with Crippen LogP contribution < -0.4 is 10.1 Å². The number of ether oxygens (including phenoxy) is 1. The second-order valence-electron chi connectivity index (χ2n) is 4.59. The lowest BCUT2D eigenvalue weighted by Crippen LogP contribution is -2.31. The van der Waals surface area contributed by atoms with Gasteiger partial charge in [0, 0.05) is 17.4 Å². The minimum Gasteiger partial charge on any atom is -0.504 e. The molecule has 19 heavy (non-hydrogen) atoms. The minimum absolute atomic E-state index is 0.0119. The van der Waals surface area contributed by atoms with E-state index in [9.17, 15) is 9.90 Å². The molecule has 2 N–H and O–H groups in total. The third-order valence-corrected chi connectivity index (χ3v) is 4.60. The second kappa shape index (κ2) is 6.70. The smallest absolute Gasteiger partial charge is 0.251 e. The number of phenols is 1. The van der Waals surface area contributed by atoms with E-state index in [0.29, 0.717) is 23.1 Å². The molecule has 1 amide bonds. The second-order valence-corrected chi connectivity index (χ2v) is 5.99. The van der Waals surface area contributed by atoms with Crippen LogP contribution in [0, 0.1) is 0 Å². The molecular weight excluding hydrogens is 262 g/mol. The van der Waals surface area contributed by atoms with Crippen molar-refractivity contribution >= 4 is 17.7 Å². The summed E-state index contributed by atoms with van der Waals surface area (Å²) in [5, 5.41) is 13.1. The maximum Gasteiger partial charge on any atom is 0.251 e. The van der Waals surface area contributed by atoms with Crippen LogP contribution in [0.25, 0.3) is 0 Å². The van der Waals surface area contributed by atoms with E-state index in [0.717, 1.165) is 0 Å². The van der Waals surface area contributed by atoms with Crippen LogP contribution in [0.1, 0.15) is 29.6 Å². The third kappa shape index (κ3) is 3.80. The number of nitrogens with one attached hydrogen (secondary N) is 1. The van der Waals surface area contributed by atoms with Gasteiger partial charge in [-0.2, -0.15) is 11.8 Å². The molecule has 1 unspecified atom stereocenters. The van der Waals surface area contributed by atoms with E-state index in [-0.39, 0.29) is 11.7 Å². The summed E-state index contributed by atoms with van der Waals surface area (Å²) in [6.45, 7) is 0.691. The first-order valence-corrected chi connectivity index (χ1v) is 7.52. The van der Waals surface area contributed by atoms with Crippen molar-refractivity contribution in [1.82, 2.24) is 5.32 Å². The van der Waals surface area contributed by atoms with Crippen molar-refractivity contribution in [3.8, 4) is 11.5 Å². The highest BCUT2D eigenvalue weighted by molar-refractivity contribution is 7.99. The number of thioether (sulfide) groups is 1. The highest BCUT2D eigenvalue weighted by atomic mass is 32.2. The van der Waals surface area contributed by atoms with E-state index in [1.54, 1.807) is 12.1 Å². The van der Waals surface area contributed by atoms with Gasteiger partial charge in [0.25, 0.3) is 5.91 Å². The van der Waals surface area contributed by atoms with Gasteiger partial charge in [0.1, 0.15) is 0 Å². The quantitative estimate of drug-likeness (QED) is 0.890. The van der Waals surface area contributed by atoms with Crippen molar-refractivity contribution in [2.75, 3.05) is 19.4 Å². The molecule has 4 nitrogen and oxygen atoms in total. The monoisotopic (exact) mass is 281 g/mol. The highest BCUT2D eigenvalue weighted by Crippen LogP contribution is 2.27. The zero-order valence-corrected chi connectivity index (χ0v) is 11.8. The van der Waals surface area contributed by atoms with Crippen LogP contribution in [0.5, 0.6) is 11.5 Å². The molecule has 0 radical (unpaired) electrons. The van der Waals surface area contributed by atoms with Crippen LogP contribution in [0.3, 0.4) is 0 Å². The first kappa shape index (κ1) is 14.1. The first-order chi connectivity index (χ1) is 9.20. The molecule has 1 fully saturated rings. The molecule has 1 heterocycles. The summed E-state index contributed by atoms with van der Waals surface area (Å²) in [5.74, 6) is 1.40. The Hall–Kier alpha value is -1.36. The summed E-state index contributed by atoms with van der Waals surface area (Å²) in [5.41, 5.74) is 0.458. The minimum atomic E-state index is -0.149. The van der Waals surface area contributed by atoms with Gasteiger partial charge in [-0.15, -0.1) is 0 Å². The number of phenolic OH excluding ortho intramolecular Hbond substituents is 1. The summed E-state index contributed by atoms with van der Waals surface area (Å²) >= 11 is 1.93. The molecule has 0 aliphatic carbocycles. The Morgan fingerprint density at radius 2 is 2.37 bits per heavy atom. The fourth-order valence-corrected chi connectivity index (χ4v) is 3.35. The van der Waals surface area contributed by atoms with Crippen molar-refractivity contribution < 1.29 is 14.6 Å². The Morgan fingerprint density at radius 3 is 3.00 bits per heavy atom. The SMILES string of the molecule is COc1ccc(C(=O)NCC2CCCCS2)cc1O. The standard InChI is InChI=1S/C14H19NO3S/c1-18-13-6-5-10(8-12(13)16)14(17)15-9-11-4-2-3-7-19-11/h5-6,8,11,16H,2-4,7,9H2,1H3,(H,15,17). The zero-order valence-electron chi connectivity index (χ0n) is 11.0. The largest absolute Gasteiger partial charge is 0.504 e. The molecule has 0 spiro atoms. The van der Waals surface area contributed by atoms with Gasteiger partial charge >= 0.3 is 0 Å². The molecule has 5 heteroatoms. The zero-order chi connectivity index (χ0) is 13.7. The average molecular weight is 281 g/mol. The topological polar surface area (TPSA) is 58.6 Å². The lowest BCUT2D eigenvalue weighted by atomic mass is 10.1. The predicted octanol–water partition coefficient (Wildman–Crippen LogP) is 2.42. The Balaban J connectivity index is 1.90. The van der Waals surface area contributed by atoms with E-state index in [4.69, 9.17) is 4.74 Å². The van der Waals surface area contributed by atoms with Gasteiger partial charge in [-0.1, -0.05) is 6.42 Å². The number of carbonyl (C=O) groups is 1. The van der Waals surface area contributed by atoms with E-state index < -0.39 is 0 Å². The predicted molar refractivity (Wildman–Crippen MR) is 77.1 cm³/mol. The summed E-state index contributed by atoms with van der Waals surface area (Å²) in [4.78, 5) is 12.0. The lowest BCUT2D eigenvalue weighted by molar-refractivity contribution is 0.0953. The third-order valence-electron chi connectivity index (χ3n) is 3.21. The molecule has 0 bridgehead atoms. The molecular formula is C14H19NO3S. The number of aromatic hydroxyl groups is 1. The molecule has 1 aliphatic rings. The van der Waals surface area contributed by atoms with E-state index in [1.807, 2.05) is 11.8 Å². The molecule has 0 aromatic heterocycles. The maximum atomic E-state index is 12.0. The molecule has 1 saturated heterocycles. The summed E-state index contributed by atoms with van der Waals surface area (Å²) in [6, 6.07) is 4.68. The number of rotatable bonds is 4. The van der Waals surface area contributed by atoms with Gasteiger partial charge in [-0.05, 0) is 36.8 Å². The van der Waals surface area contributed by atoms with Gasteiger partial charge in [-0.3, -0.25) is 4.79 Å². The molecule has 1 atom stereocenters. The van der Waals surface area contributed by atoms with E-state index in [2.05, 4.69) is 5.32 Å². The Kier molecular flexibility index (Phi) is 4.96. The molecule has 2 rings (SSSR count).